The molecule has 0 aliphatic carbocycles. The molecule has 1 saturated heterocycles. The minimum Gasteiger partial charge on any atom is -0.493 e. The standard InChI is InChI=1S/C23H27N3O4/c1-25-12-14-26(15-13-25)23(28)18-6-8-19(9-7-18)24-22(27)11-5-17-4-10-20(29-2)21(16-17)30-3/h4-11,16H,12-15H2,1-3H3,(H,24,27)/b11-5+. The summed E-state index contributed by atoms with van der Waals surface area (Å²) in [7, 11) is 5.19. The van der Waals surface area contributed by atoms with Gasteiger partial charge in [0.05, 0.1) is 14.2 Å². The van der Waals surface area contributed by atoms with Gasteiger partial charge in [-0.2, -0.15) is 0 Å². The molecule has 7 heteroatoms. The van der Waals surface area contributed by atoms with Crippen LogP contribution < -0.4 is 14.8 Å². The van der Waals surface area contributed by atoms with Crippen molar-refractivity contribution in [3.8, 4) is 11.5 Å². The first-order valence-electron chi connectivity index (χ1n) is 9.79. The molecule has 7 nitrogen and oxygen atoms in total. The van der Waals surface area contributed by atoms with E-state index in [0.717, 1.165) is 31.7 Å². The number of rotatable bonds is 6. The Kier molecular flexibility index (Phi) is 7.08. The number of likely N-dealkylation sites (N-methyl/N-ethyl adjacent to an activating group) is 1. The lowest BCUT2D eigenvalue weighted by Gasteiger charge is -2.32. The highest BCUT2D eigenvalue weighted by atomic mass is 16.5. The molecule has 3 rings (SSSR count). The fourth-order valence-electron chi connectivity index (χ4n) is 3.20. The number of benzene rings is 2. The van der Waals surface area contributed by atoms with Crippen molar-refractivity contribution >= 4 is 23.6 Å². The molecule has 0 unspecified atom stereocenters. The van der Waals surface area contributed by atoms with Gasteiger partial charge in [0.1, 0.15) is 0 Å². The molecule has 0 radical (unpaired) electrons. The third-order valence-electron chi connectivity index (χ3n) is 5.02. The second-order valence-corrected chi connectivity index (χ2v) is 7.11. The Balaban J connectivity index is 1.58. The summed E-state index contributed by atoms with van der Waals surface area (Å²) in [4.78, 5) is 28.9. The third kappa shape index (κ3) is 5.39. The zero-order chi connectivity index (χ0) is 21.5. The monoisotopic (exact) mass is 409 g/mol. The molecule has 0 spiro atoms. The van der Waals surface area contributed by atoms with Crippen LogP contribution in [0.5, 0.6) is 11.5 Å². The van der Waals surface area contributed by atoms with Crippen molar-refractivity contribution in [3.05, 3.63) is 59.7 Å². The number of carbonyl (C=O) groups excluding carboxylic acids is 2. The Morgan fingerprint density at radius 2 is 1.60 bits per heavy atom. The summed E-state index contributed by atoms with van der Waals surface area (Å²) in [5, 5.41) is 2.80. The van der Waals surface area contributed by atoms with Gasteiger partial charge < -0.3 is 24.6 Å². The van der Waals surface area contributed by atoms with Crippen LogP contribution in [-0.2, 0) is 4.79 Å². The molecule has 0 atom stereocenters. The van der Waals surface area contributed by atoms with Gasteiger partial charge >= 0.3 is 0 Å². The number of hydrogen-bond acceptors (Lipinski definition) is 5. The van der Waals surface area contributed by atoms with E-state index in [0.29, 0.717) is 22.7 Å². The average molecular weight is 409 g/mol. The van der Waals surface area contributed by atoms with Crippen molar-refractivity contribution in [2.45, 2.75) is 0 Å². The van der Waals surface area contributed by atoms with E-state index in [1.165, 1.54) is 6.08 Å². The van der Waals surface area contributed by atoms with Crippen molar-refractivity contribution in [1.29, 1.82) is 0 Å². The van der Waals surface area contributed by atoms with Crippen molar-refractivity contribution < 1.29 is 19.1 Å². The number of amides is 2. The Morgan fingerprint density at radius 3 is 2.23 bits per heavy atom. The lowest BCUT2D eigenvalue weighted by atomic mass is 10.1. The van der Waals surface area contributed by atoms with Crippen LogP contribution in [0, 0.1) is 0 Å². The molecule has 30 heavy (non-hydrogen) atoms. The lowest BCUT2D eigenvalue weighted by Crippen LogP contribution is -2.47. The SMILES string of the molecule is COc1ccc(/C=C/C(=O)Nc2ccc(C(=O)N3CCN(C)CC3)cc2)cc1OC. The quantitative estimate of drug-likeness (QED) is 0.743. The molecule has 1 N–H and O–H groups in total. The van der Waals surface area contributed by atoms with Crippen molar-refractivity contribution in [2.75, 3.05) is 52.8 Å². The van der Waals surface area contributed by atoms with Crippen LogP contribution >= 0.6 is 0 Å². The zero-order valence-corrected chi connectivity index (χ0v) is 17.6. The summed E-state index contributed by atoms with van der Waals surface area (Å²) < 4.78 is 10.5. The van der Waals surface area contributed by atoms with Gasteiger partial charge in [-0.05, 0) is 55.1 Å². The molecule has 158 valence electrons. The summed E-state index contributed by atoms with van der Waals surface area (Å²) >= 11 is 0. The summed E-state index contributed by atoms with van der Waals surface area (Å²) in [5.41, 5.74) is 2.07. The van der Waals surface area contributed by atoms with E-state index < -0.39 is 0 Å². The summed E-state index contributed by atoms with van der Waals surface area (Å²) in [6, 6.07) is 12.4. The van der Waals surface area contributed by atoms with Crippen LogP contribution in [0.4, 0.5) is 5.69 Å². The Morgan fingerprint density at radius 1 is 0.933 bits per heavy atom. The fourth-order valence-corrected chi connectivity index (χ4v) is 3.20. The van der Waals surface area contributed by atoms with Crippen LogP contribution in [0.25, 0.3) is 6.08 Å². The second kappa shape index (κ2) is 9.93. The van der Waals surface area contributed by atoms with Crippen LogP contribution in [0.2, 0.25) is 0 Å². The molecule has 0 aromatic heterocycles. The summed E-state index contributed by atoms with van der Waals surface area (Å²) in [6.07, 6.45) is 3.15. The topological polar surface area (TPSA) is 71.1 Å². The van der Waals surface area contributed by atoms with E-state index in [4.69, 9.17) is 9.47 Å². The van der Waals surface area contributed by atoms with Crippen LogP contribution in [0.3, 0.4) is 0 Å². The van der Waals surface area contributed by atoms with E-state index >= 15 is 0 Å². The average Bonchev–Trinajstić information content (AvgIpc) is 2.78. The predicted molar refractivity (Wildman–Crippen MR) is 117 cm³/mol. The number of carbonyl (C=O) groups is 2. The third-order valence-corrected chi connectivity index (χ3v) is 5.02. The summed E-state index contributed by atoms with van der Waals surface area (Å²) in [5.74, 6) is 0.989. The van der Waals surface area contributed by atoms with Gasteiger partial charge in [0.25, 0.3) is 5.91 Å². The number of ether oxygens (including phenoxy) is 2. The Bertz CT molecular complexity index is 917. The largest absolute Gasteiger partial charge is 0.493 e. The van der Waals surface area contributed by atoms with Crippen LogP contribution in [-0.4, -0.2) is 69.1 Å². The van der Waals surface area contributed by atoms with Gasteiger partial charge in [0, 0.05) is 43.5 Å². The second-order valence-electron chi connectivity index (χ2n) is 7.11. The minimum absolute atomic E-state index is 0.0225. The molecular weight excluding hydrogens is 382 g/mol. The highest BCUT2D eigenvalue weighted by Crippen LogP contribution is 2.28. The molecule has 0 saturated carbocycles. The highest BCUT2D eigenvalue weighted by molar-refractivity contribution is 6.02. The molecule has 1 aliphatic heterocycles. The number of methoxy groups -OCH3 is 2. The van der Waals surface area contributed by atoms with Crippen molar-refractivity contribution in [1.82, 2.24) is 9.80 Å². The van der Waals surface area contributed by atoms with E-state index in [2.05, 4.69) is 17.3 Å². The van der Waals surface area contributed by atoms with E-state index in [-0.39, 0.29) is 11.8 Å². The number of piperazine rings is 1. The van der Waals surface area contributed by atoms with Crippen molar-refractivity contribution in [2.24, 2.45) is 0 Å². The van der Waals surface area contributed by atoms with E-state index in [1.54, 1.807) is 56.7 Å². The zero-order valence-electron chi connectivity index (χ0n) is 17.6. The fraction of sp³-hybridized carbons (Fsp3) is 0.304. The van der Waals surface area contributed by atoms with Gasteiger partial charge in [0.15, 0.2) is 11.5 Å². The molecule has 0 bridgehead atoms. The normalized spacial score (nSPS) is 14.6. The maximum atomic E-state index is 12.6. The number of hydrogen-bond donors (Lipinski definition) is 1. The molecule has 2 aromatic carbocycles. The van der Waals surface area contributed by atoms with Crippen LogP contribution in [0.15, 0.2) is 48.5 Å². The molecule has 2 amide bonds. The molecule has 1 heterocycles. The highest BCUT2D eigenvalue weighted by Gasteiger charge is 2.20. The number of anilines is 1. The molecule has 1 aliphatic rings. The molecule has 2 aromatic rings. The smallest absolute Gasteiger partial charge is 0.253 e. The van der Waals surface area contributed by atoms with Gasteiger partial charge in [0.2, 0.25) is 5.91 Å². The maximum Gasteiger partial charge on any atom is 0.253 e. The van der Waals surface area contributed by atoms with Gasteiger partial charge in [-0.3, -0.25) is 9.59 Å². The maximum absolute atomic E-state index is 12.6. The van der Waals surface area contributed by atoms with Crippen molar-refractivity contribution in [3.63, 3.8) is 0 Å². The first-order valence-corrected chi connectivity index (χ1v) is 9.79. The first kappa shape index (κ1) is 21.4. The molecule has 1 fully saturated rings. The Hall–Kier alpha value is -3.32. The van der Waals surface area contributed by atoms with Gasteiger partial charge in [-0.1, -0.05) is 6.07 Å². The summed E-state index contributed by atoms with van der Waals surface area (Å²) in [6.45, 7) is 3.22. The first-order chi connectivity index (χ1) is 14.5. The van der Waals surface area contributed by atoms with E-state index in [1.807, 2.05) is 11.0 Å². The number of nitrogens with one attached hydrogen (secondary N) is 1. The van der Waals surface area contributed by atoms with Gasteiger partial charge in [-0.25, -0.2) is 0 Å². The van der Waals surface area contributed by atoms with E-state index in [9.17, 15) is 9.59 Å². The Labute approximate surface area is 176 Å². The van der Waals surface area contributed by atoms with Crippen LogP contribution in [0.1, 0.15) is 15.9 Å². The minimum atomic E-state index is -0.261. The number of nitrogens with zero attached hydrogens (tertiary/aromatic N) is 2. The van der Waals surface area contributed by atoms with Gasteiger partial charge in [-0.15, -0.1) is 0 Å². The lowest BCUT2D eigenvalue weighted by molar-refractivity contribution is -0.111. The predicted octanol–water partition coefficient (Wildman–Crippen LogP) is 2.74. The molecular formula is C23H27N3O4.